The van der Waals surface area contributed by atoms with Crippen molar-refractivity contribution >= 4 is 39.5 Å². The smallest absolute Gasteiger partial charge is 0.462 e. The second-order valence-corrected chi connectivity index (χ2v) is 29.5. The summed E-state index contributed by atoms with van der Waals surface area (Å²) in [6, 6.07) is 0. The van der Waals surface area contributed by atoms with Gasteiger partial charge in [-0.1, -0.05) is 290 Å². The standard InChI is InChI=1S/C85H144O17P2/c1-5-9-13-17-21-25-29-33-36-38-39-41-44-47-50-54-58-62-66-70-83(88)96-76-81(102-85(90)72-68-64-60-56-52-48-42-35-31-27-23-19-15-11-7-3)78-100-104(93,94)98-74-79(86)73-97-103(91,92)99-77-80(101-84(89)71-67-63-59-55-51-45-32-28-24-20-16-12-8-4)75-95-82(87)69-65-61-57-53-49-46-43-40-37-34-30-26-22-18-14-10-6-2/h9-10,13-14,21-23,25-27,33-37,39,41-43,46-47,50,79-81,86H,5-8,11-12,15-20,24,28-32,38,40,44-45,48-49,51-78H2,1-4H3,(H,91,92)(H,93,94)/b13-9-,14-10-,25-21-,26-22-,27-23-,36-33-,37-34-,41-39-,42-35-,46-43-,50-47-. The lowest BCUT2D eigenvalue weighted by Gasteiger charge is -2.21. The highest BCUT2D eigenvalue weighted by atomic mass is 31.2. The van der Waals surface area contributed by atoms with Crippen LogP contribution in [0.25, 0.3) is 0 Å². The number of esters is 4. The van der Waals surface area contributed by atoms with Crippen molar-refractivity contribution in [1.29, 1.82) is 0 Å². The molecule has 0 radical (unpaired) electrons. The second-order valence-electron chi connectivity index (χ2n) is 26.6. The van der Waals surface area contributed by atoms with E-state index in [0.717, 1.165) is 173 Å². The van der Waals surface area contributed by atoms with Crippen LogP contribution in [0.1, 0.15) is 323 Å². The Labute approximate surface area is 631 Å². The summed E-state index contributed by atoms with van der Waals surface area (Å²) < 4.78 is 68.6. The van der Waals surface area contributed by atoms with Gasteiger partial charge in [-0.2, -0.15) is 0 Å². The number of aliphatic hydroxyl groups is 1. The molecule has 0 aromatic carbocycles. The van der Waals surface area contributed by atoms with Gasteiger partial charge in [-0.15, -0.1) is 0 Å². The van der Waals surface area contributed by atoms with Gasteiger partial charge < -0.3 is 33.8 Å². The minimum atomic E-state index is -4.99. The zero-order valence-corrected chi connectivity index (χ0v) is 66.9. The molecule has 5 atom stereocenters. The predicted molar refractivity (Wildman–Crippen MR) is 427 cm³/mol. The highest BCUT2D eigenvalue weighted by Gasteiger charge is 2.30. The fraction of sp³-hybridized carbons (Fsp3) is 0.694. The number of phosphoric ester groups is 2. The third kappa shape index (κ3) is 75.4. The highest BCUT2D eigenvalue weighted by Crippen LogP contribution is 2.45. The van der Waals surface area contributed by atoms with E-state index in [0.29, 0.717) is 25.7 Å². The van der Waals surface area contributed by atoms with Gasteiger partial charge >= 0.3 is 39.5 Å². The maximum absolute atomic E-state index is 13.1. The predicted octanol–water partition coefficient (Wildman–Crippen LogP) is 23.7. The first-order valence-electron chi connectivity index (χ1n) is 40.4. The summed E-state index contributed by atoms with van der Waals surface area (Å²) in [5, 5.41) is 10.6. The van der Waals surface area contributed by atoms with Crippen molar-refractivity contribution in [2.75, 3.05) is 39.6 Å². The third-order valence-corrected chi connectivity index (χ3v) is 18.5. The molecule has 19 heteroatoms. The molecule has 0 saturated heterocycles. The van der Waals surface area contributed by atoms with Crippen LogP contribution < -0.4 is 0 Å². The Morgan fingerprint density at radius 3 is 0.798 bits per heavy atom. The number of carbonyl (C=O) groups is 4. The zero-order valence-electron chi connectivity index (χ0n) is 65.2. The van der Waals surface area contributed by atoms with Crippen LogP contribution in [0.5, 0.6) is 0 Å². The number of carbonyl (C=O) groups excluding carboxylic acids is 4. The fourth-order valence-electron chi connectivity index (χ4n) is 10.5. The number of aliphatic hydroxyl groups excluding tert-OH is 1. The van der Waals surface area contributed by atoms with Gasteiger partial charge in [0.25, 0.3) is 0 Å². The van der Waals surface area contributed by atoms with Crippen LogP contribution in [0, 0.1) is 0 Å². The number of rotatable bonds is 75. The van der Waals surface area contributed by atoms with Crippen LogP contribution in [0.4, 0.5) is 0 Å². The number of hydrogen-bond donors (Lipinski definition) is 3. The van der Waals surface area contributed by atoms with Crippen LogP contribution >= 0.6 is 15.6 Å². The maximum Gasteiger partial charge on any atom is 0.472 e. The van der Waals surface area contributed by atoms with Crippen molar-refractivity contribution in [3.63, 3.8) is 0 Å². The quantitative estimate of drug-likeness (QED) is 0.0169. The molecular weight excluding hydrogens is 1350 g/mol. The topological polar surface area (TPSA) is 237 Å². The number of hydrogen-bond acceptors (Lipinski definition) is 15. The highest BCUT2D eigenvalue weighted by molar-refractivity contribution is 7.47. The molecule has 0 aliphatic rings. The summed E-state index contributed by atoms with van der Waals surface area (Å²) in [6.07, 6.45) is 85.7. The molecule has 0 amide bonds. The SMILES string of the molecule is CC/C=C\C/C=C\C/C=C\C/C=C\C/C=C\CCCCCC(=O)OCC(COP(=O)(O)OCC(O)COP(=O)(O)OCC(COC(=O)CCCCCC/C=C\C/C=C\C/C=C\C/C=C\CC)OC(=O)CCCCCCCCCCCCCCC)OC(=O)CCCCCCC/C=C\C/C=C\CCCCC. The molecule has 0 aliphatic heterocycles. The average Bonchev–Trinajstić information content (AvgIpc) is 0.911. The van der Waals surface area contributed by atoms with E-state index in [9.17, 15) is 43.2 Å². The van der Waals surface area contributed by atoms with Crippen molar-refractivity contribution in [2.24, 2.45) is 0 Å². The van der Waals surface area contributed by atoms with E-state index >= 15 is 0 Å². The monoisotopic (exact) mass is 1500 g/mol. The lowest BCUT2D eigenvalue weighted by Crippen LogP contribution is -2.30. The number of allylic oxidation sites excluding steroid dienone is 22. The largest absolute Gasteiger partial charge is 0.472 e. The molecule has 0 heterocycles. The Morgan fingerprint density at radius 1 is 0.279 bits per heavy atom. The molecule has 0 aromatic heterocycles. The summed E-state index contributed by atoms with van der Waals surface area (Å²) in [4.78, 5) is 73.0. The van der Waals surface area contributed by atoms with Crippen molar-refractivity contribution in [2.45, 2.75) is 341 Å². The molecule has 0 rings (SSSR count). The number of ether oxygens (including phenoxy) is 4. The van der Waals surface area contributed by atoms with Gasteiger partial charge in [0.05, 0.1) is 26.4 Å². The van der Waals surface area contributed by atoms with Gasteiger partial charge in [-0.05, 0) is 141 Å². The third-order valence-electron chi connectivity index (χ3n) is 16.6. The Bertz CT molecular complexity index is 2490. The summed E-state index contributed by atoms with van der Waals surface area (Å²) in [5.41, 5.74) is 0. The van der Waals surface area contributed by atoms with Crippen LogP contribution in [0.15, 0.2) is 134 Å². The van der Waals surface area contributed by atoms with Gasteiger partial charge in [0.15, 0.2) is 12.2 Å². The molecule has 0 aliphatic carbocycles. The summed E-state index contributed by atoms with van der Waals surface area (Å²) in [6.45, 7) is 4.56. The van der Waals surface area contributed by atoms with Crippen LogP contribution in [-0.2, 0) is 65.4 Å². The minimum Gasteiger partial charge on any atom is -0.462 e. The van der Waals surface area contributed by atoms with E-state index < -0.39 is 97.5 Å². The first-order chi connectivity index (χ1) is 50.7. The Kier molecular flexibility index (Phi) is 72.9. The first-order valence-corrected chi connectivity index (χ1v) is 43.4. The van der Waals surface area contributed by atoms with Gasteiger partial charge in [0.2, 0.25) is 0 Å². The van der Waals surface area contributed by atoms with Crippen LogP contribution in [0.3, 0.4) is 0 Å². The lowest BCUT2D eigenvalue weighted by atomic mass is 10.0. The van der Waals surface area contributed by atoms with E-state index in [2.05, 4.69) is 161 Å². The summed E-state index contributed by atoms with van der Waals surface area (Å²) in [5.74, 6) is -2.25. The van der Waals surface area contributed by atoms with Crippen LogP contribution in [0.2, 0.25) is 0 Å². The van der Waals surface area contributed by atoms with Gasteiger partial charge in [0, 0.05) is 25.7 Å². The van der Waals surface area contributed by atoms with Gasteiger partial charge in [-0.3, -0.25) is 37.3 Å². The summed E-state index contributed by atoms with van der Waals surface area (Å²) in [7, 11) is -9.98. The van der Waals surface area contributed by atoms with Crippen molar-refractivity contribution in [3.8, 4) is 0 Å². The molecule has 104 heavy (non-hydrogen) atoms. The molecule has 0 spiro atoms. The molecule has 3 N–H and O–H groups in total. The lowest BCUT2D eigenvalue weighted by molar-refractivity contribution is -0.161. The minimum absolute atomic E-state index is 0.0683. The number of phosphoric acid groups is 2. The molecule has 0 saturated carbocycles. The van der Waals surface area contributed by atoms with Crippen molar-refractivity contribution < 1.29 is 80.2 Å². The first kappa shape index (κ1) is 99.2. The zero-order chi connectivity index (χ0) is 76.0. The maximum atomic E-state index is 13.1. The normalized spacial score (nSPS) is 14.6. The van der Waals surface area contributed by atoms with Crippen LogP contribution in [-0.4, -0.2) is 96.7 Å². The van der Waals surface area contributed by atoms with Crippen molar-refractivity contribution in [1.82, 2.24) is 0 Å². The molecular formula is C85H144O17P2. The average molecular weight is 1500 g/mol. The Hall–Kier alpha value is -4.80. The van der Waals surface area contributed by atoms with E-state index in [-0.39, 0.29) is 25.7 Å². The molecule has 5 unspecified atom stereocenters. The summed E-state index contributed by atoms with van der Waals surface area (Å²) >= 11 is 0. The molecule has 596 valence electrons. The molecule has 0 fully saturated rings. The van der Waals surface area contributed by atoms with E-state index in [1.165, 1.54) is 70.6 Å². The Balaban J connectivity index is 5.41. The fourth-order valence-corrected chi connectivity index (χ4v) is 12.1. The van der Waals surface area contributed by atoms with Gasteiger partial charge in [-0.25, -0.2) is 9.13 Å². The van der Waals surface area contributed by atoms with Crippen molar-refractivity contribution in [3.05, 3.63) is 134 Å². The Morgan fingerprint density at radius 2 is 0.500 bits per heavy atom. The number of unbranched alkanes of at least 4 members (excludes halogenated alkanes) is 27. The molecule has 17 nitrogen and oxygen atoms in total. The second kappa shape index (κ2) is 76.4. The van der Waals surface area contributed by atoms with E-state index in [4.69, 9.17) is 37.0 Å². The molecule has 0 bridgehead atoms. The van der Waals surface area contributed by atoms with Gasteiger partial charge in [0.1, 0.15) is 19.3 Å². The van der Waals surface area contributed by atoms with E-state index in [1.807, 2.05) is 0 Å². The molecule has 0 aromatic rings. The van der Waals surface area contributed by atoms with E-state index in [1.54, 1.807) is 0 Å².